The van der Waals surface area contributed by atoms with Gasteiger partial charge in [-0.15, -0.1) is 0 Å². The topological polar surface area (TPSA) is 75.7 Å². The minimum Gasteiger partial charge on any atom is -0.484 e. The largest absolute Gasteiger partial charge is 0.484 e. The van der Waals surface area contributed by atoms with Crippen molar-refractivity contribution in [2.75, 3.05) is 11.9 Å². The van der Waals surface area contributed by atoms with Crippen LogP contribution in [0.1, 0.15) is 16.7 Å². The molecule has 0 aliphatic carbocycles. The molecular weight excluding hydrogens is 455 g/mol. The number of anilines is 1. The lowest BCUT2D eigenvalue weighted by Gasteiger charge is -2.12. The predicted molar refractivity (Wildman–Crippen MR) is 130 cm³/mol. The summed E-state index contributed by atoms with van der Waals surface area (Å²) in [5.41, 5.74) is 3.13. The van der Waals surface area contributed by atoms with Crippen LogP contribution in [0.3, 0.4) is 0 Å². The molecule has 0 radical (unpaired) electrons. The zero-order chi connectivity index (χ0) is 24.1. The maximum atomic E-state index is 13.1. The molecule has 0 bridgehead atoms. The molecule has 3 aromatic rings. The smallest absolute Gasteiger partial charge is 0.293 e. The number of benzene rings is 3. The molecule has 3 aromatic carbocycles. The van der Waals surface area contributed by atoms with Gasteiger partial charge in [0, 0.05) is 5.69 Å². The van der Waals surface area contributed by atoms with Crippen molar-refractivity contribution in [1.29, 1.82) is 0 Å². The first kappa shape index (κ1) is 23.3. The highest BCUT2D eigenvalue weighted by atomic mass is 32.2. The normalized spacial score (nSPS) is 14.5. The van der Waals surface area contributed by atoms with Crippen LogP contribution in [0.15, 0.2) is 77.7 Å². The Kier molecular flexibility index (Phi) is 7.08. The van der Waals surface area contributed by atoms with Gasteiger partial charge >= 0.3 is 0 Å². The maximum Gasteiger partial charge on any atom is 0.293 e. The van der Waals surface area contributed by atoms with E-state index in [1.807, 2.05) is 25.1 Å². The van der Waals surface area contributed by atoms with E-state index in [0.29, 0.717) is 27.5 Å². The quantitative estimate of drug-likeness (QED) is 0.463. The lowest BCUT2D eigenvalue weighted by Crippen LogP contribution is -2.27. The van der Waals surface area contributed by atoms with Crippen molar-refractivity contribution < 1.29 is 23.5 Å². The van der Waals surface area contributed by atoms with Crippen molar-refractivity contribution in [3.63, 3.8) is 0 Å². The molecule has 1 aliphatic heterocycles. The Morgan fingerprint density at radius 3 is 2.50 bits per heavy atom. The second kappa shape index (κ2) is 10.4. The van der Waals surface area contributed by atoms with Crippen molar-refractivity contribution >= 4 is 40.6 Å². The molecule has 0 spiro atoms. The minimum atomic E-state index is -0.396. The fourth-order valence-corrected chi connectivity index (χ4v) is 4.13. The number of nitrogens with one attached hydrogen (secondary N) is 1. The first-order chi connectivity index (χ1) is 16.4. The SMILES string of the molecule is Cc1cccc(NC(=O)COc2ccc(/C=C3/SC(=O)N(Cc4ccc(F)cc4)C3=O)cc2)c1. The van der Waals surface area contributed by atoms with Crippen molar-refractivity contribution in [3.05, 3.63) is 100 Å². The summed E-state index contributed by atoms with van der Waals surface area (Å²) in [6.45, 7) is 1.88. The van der Waals surface area contributed by atoms with E-state index in [1.54, 1.807) is 48.5 Å². The van der Waals surface area contributed by atoms with Crippen molar-refractivity contribution in [3.8, 4) is 5.75 Å². The number of nitrogens with zero attached hydrogens (tertiary/aromatic N) is 1. The van der Waals surface area contributed by atoms with Gasteiger partial charge in [0.05, 0.1) is 11.4 Å². The maximum absolute atomic E-state index is 13.1. The molecule has 8 heteroatoms. The molecule has 3 amide bonds. The Bertz CT molecular complexity index is 1260. The molecule has 4 rings (SSSR count). The van der Waals surface area contributed by atoms with Crippen LogP contribution in [0, 0.1) is 12.7 Å². The van der Waals surface area contributed by atoms with Crippen LogP contribution >= 0.6 is 11.8 Å². The van der Waals surface area contributed by atoms with E-state index in [4.69, 9.17) is 4.74 Å². The highest BCUT2D eigenvalue weighted by molar-refractivity contribution is 8.18. The van der Waals surface area contributed by atoms with Crippen LogP contribution < -0.4 is 10.1 Å². The Balaban J connectivity index is 1.33. The molecule has 0 aromatic heterocycles. The second-order valence-corrected chi connectivity index (χ2v) is 8.66. The molecule has 1 saturated heterocycles. The third kappa shape index (κ3) is 5.90. The molecule has 6 nitrogen and oxygen atoms in total. The number of amides is 3. The van der Waals surface area contributed by atoms with Gasteiger partial charge in [0.1, 0.15) is 11.6 Å². The molecule has 0 saturated carbocycles. The van der Waals surface area contributed by atoms with Crippen LogP contribution in [0.4, 0.5) is 14.9 Å². The highest BCUT2D eigenvalue weighted by Gasteiger charge is 2.34. The molecule has 0 unspecified atom stereocenters. The molecule has 0 atom stereocenters. The number of hydrogen-bond donors (Lipinski definition) is 1. The van der Waals surface area contributed by atoms with Crippen LogP contribution in [-0.4, -0.2) is 28.6 Å². The minimum absolute atomic E-state index is 0.0830. The fraction of sp³-hybridized carbons (Fsp3) is 0.115. The standard InChI is InChI=1S/C26H21FN2O4S/c1-17-3-2-4-21(13-17)28-24(30)16-33-22-11-7-18(8-12-22)14-23-25(31)29(26(32)34-23)15-19-5-9-20(27)10-6-19/h2-14H,15-16H2,1H3,(H,28,30)/b23-14+. The Hall–Kier alpha value is -3.91. The van der Waals surface area contributed by atoms with Gasteiger partial charge in [-0.1, -0.05) is 36.4 Å². The summed E-state index contributed by atoms with van der Waals surface area (Å²) in [6.07, 6.45) is 1.63. The summed E-state index contributed by atoms with van der Waals surface area (Å²) in [7, 11) is 0. The number of ether oxygens (including phenoxy) is 1. The Morgan fingerprint density at radius 1 is 1.06 bits per heavy atom. The fourth-order valence-electron chi connectivity index (χ4n) is 3.29. The molecule has 1 N–H and O–H groups in total. The zero-order valence-corrected chi connectivity index (χ0v) is 19.1. The first-order valence-electron chi connectivity index (χ1n) is 10.5. The van der Waals surface area contributed by atoms with E-state index < -0.39 is 5.91 Å². The van der Waals surface area contributed by atoms with Gasteiger partial charge in [0.15, 0.2) is 6.61 Å². The average molecular weight is 477 g/mol. The number of aryl methyl sites for hydroxylation is 1. The van der Waals surface area contributed by atoms with Crippen LogP contribution in [-0.2, 0) is 16.1 Å². The van der Waals surface area contributed by atoms with E-state index in [0.717, 1.165) is 22.2 Å². The van der Waals surface area contributed by atoms with Gasteiger partial charge in [0.2, 0.25) is 0 Å². The monoisotopic (exact) mass is 476 g/mol. The van der Waals surface area contributed by atoms with Gasteiger partial charge in [-0.05, 0) is 77.9 Å². The van der Waals surface area contributed by atoms with Gasteiger partial charge in [-0.2, -0.15) is 0 Å². The first-order valence-corrected chi connectivity index (χ1v) is 11.3. The third-order valence-electron chi connectivity index (χ3n) is 4.98. The van der Waals surface area contributed by atoms with E-state index in [-0.39, 0.29) is 30.1 Å². The highest BCUT2D eigenvalue weighted by Crippen LogP contribution is 2.33. The van der Waals surface area contributed by atoms with Crippen LogP contribution in [0.2, 0.25) is 0 Å². The van der Waals surface area contributed by atoms with E-state index in [9.17, 15) is 18.8 Å². The lowest BCUT2D eigenvalue weighted by molar-refractivity contribution is -0.123. The lowest BCUT2D eigenvalue weighted by atomic mass is 10.2. The Morgan fingerprint density at radius 2 is 1.79 bits per heavy atom. The van der Waals surface area contributed by atoms with E-state index in [2.05, 4.69) is 5.32 Å². The van der Waals surface area contributed by atoms with Gasteiger partial charge in [-0.3, -0.25) is 19.3 Å². The average Bonchev–Trinajstić information content (AvgIpc) is 3.07. The summed E-state index contributed by atoms with van der Waals surface area (Å²) in [6, 6.07) is 20.0. The zero-order valence-electron chi connectivity index (χ0n) is 18.3. The summed E-state index contributed by atoms with van der Waals surface area (Å²) < 4.78 is 18.6. The predicted octanol–water partition coefficient (Wildman–Crippen LogP) is 5.39. The summed E-state index contributed by atoms with van der Waals surface area (Å²) >= 11 is 0.860. The molecule has 1 fully saturated rings. The molecule has 34 heavy (non-hydrogen) atoms. The van der Waals surface area contributed by atoms with Crippen molar-refractivity contribution in [1.82, 2.24) is 4.90 Å². The van der Waals surface area contributed by atoms with Crippen LogP contribution in [0.25, 0.3) is 6.08 Å². The number of rotatable bonds is 7. The molecule has 1 heterocycles. The third-order valence-corrected chi connectivity index (χ3v) is 5.88. The van der Waals surface area contributed by atoms with Gasteiger partial charge in [0.25, 0.3) is 17.1 Å². The summed E-state index contributed by atoms with van der Waals surface area (Å²) in [5, 5.41) is 2.40. The summed E-state index contributed by atoms with van der Waals surface area (Å²) in [5.74, 6) is -0.546. The number of halogens is 1. The molecule has 1 aliphatic rings. The Labute approximate surface area is 200 Å². The van der Waals surface area contributed by atoms with Crippen LogP contribution in [0.5, 0.6) is 5.75 Å². The van der Waals surface area contributed by atoms with Crippen molar-refractivity contribution in [2.45, 2.75) is 13.5 Å². The number of imide groups is 1. The number of hydrogen-bond acceptors (Lipinski definition) is 5. The number of carbonyl (C=O) groups excluding carboxylic acids is 3. The number of thioether (sulfide) groups is 1. The van der Waals surface area contributed by atoms with Crippen molar-refractivity contribution in [2.24, 2.45) is 0 Å². The number of carbonyl (C=O) groups is 3. The summed E-state index contributed by atoms with van der Waals surface area (Å²) in [4.78, 5) is 38.5. The molecule has 172 valence electrons. The second-order valence-electron chi connectivity index (χ2n) is 7.67. The van der Waals surface area contributed by atoms with E-state index in [1.165, 1.54) is 12.1 Å². The van der Waals surface area contributed by atoms with E-state index >= 15 is 0 Å². The molecular formula is C26H21FN2O4S. The van der Waals surface area contributed by atoms with Gasteiger partial charge in [-0.25, -0.2) is 4.39 Å². The van der Waals surface area contributed by atoms with Gasteiger partial charge < -0.3 is 10.1 Å².